The molecule has 0 amide bonds. The summed E-state index contributed by atoms with van der Waals surface area (Å²) in [7, 11) is -3.26. The highest BCUT2D eigenvalue weighted by atomic mass is 35.5. The molecule has 1 saturated heterocycles. The van der Waals surface area contributed by atoms with Crippen molar-refractivity contribution in [2.45, 2.75) is 44.4 Å². The van der Waals surface area contributed by atoms with Gasteiger partial charge in [0.1, 0.15) is 6.10 Å². The second kappa shape index (κ2) is 3.96. The minimum absolute atomic E-state index is 0.0166. The third-order valence-electron chi connectivity index (χ3n) is 2.25. The minimum atomic E-state index is -1.63. The lowest BCUT2D eigenvalue weighted by molar-refractivity contribution is 0.133. The molecule has 0 bridgehead atoms. The van der Waals surface area contributed by atoms with Gasteiger partial charge in [0.15, 0.2) is 16.6 Å². The van der Waals surface area contributed by atoms with Crippen LogP contribution in [-0.2, 0) is 8.85 Å². The molecule has 0 saturated carbocycles. The molecule has 1 aliphatic rings. The average Bonchev–Trinajstić information content (AvgIpc) is 1.74. The first kappa shape index (κ1) is 12.2. The first-order valence-electron chi connectivity index (χ1n) is 4.76. The maximum absolute atomic E-state index is 10.7. The van der Waals surface area contributed by atoms with Crippen molar-refractivity contribution in [3.8, 4) is 0 Å². The fourth-order valence-corrected chi connectivity index (χ4v) is 11.9. The predicted molar refractivity (Wildman–Crippen MR) is 61.8 cm³/mol. The molecule has 0 unspecified atom stereocenters. The summed E-state index contributed by atoms with van der Waals surface area (Å²) in [6.45, 7) is 8.65. The van der Waals surface area contributed by atoms with E-state index in [-0.39, 0.29) is 6.10 Å². The molecule has 1 rings (SSSR count). The summed E-state index contributed by atoms with van der Waals surface area (Å²) in [6, 6.07) is 1.73. The van der Waals surface area contributed by atoms with Crippen LogP contribution in [0, 0.1) is 0 Å². The Balaban J connectivity index is 2.66. The van der Waals surface area contributed by atoms with Gasteiger partial charge in [-0.15, -0.1) is 0 Å². The predicted octanol–water partition coefficient (Wildman–Crippen LogP) is 3.17. The molecule has 0 aromatic rings. The van der Waals surface area contributed by atoms with Crippen LogP contribution in [0.25, 0.3) is 0 Å². The molecule has 1 heterocycles. The van der Waals surface area contributed by atoms with E-state index in [2.05, 4.69) is 26.2 Å². The van der Waals surface area contributed by atoms with E-state index in [1.807, 2.05) is 0 Å². The fraction of sp³-hybridized carbons (Fsp3) is 0.875. The SMILES string of the molecule is C[Si]1(C)CC(OC(=O)Cl)C[Si](C)(C)O1. The van der Waals surface area contributed by atoms with E-state index in [0.717, 1.165) is 12.1 Å². The van der Waals surface area contributed by atoms with Crippen LogP contribution in [0.5, 0.6) is 0 Å². The number of hydrogen-bond donors (Lipinski definition) is 0. The van der Waals surface area contributed by atoms with Gasteiger partial charge in [-0.2, -0.15) is 0 Å². The largest absolute Gasteiger partial charge is 0.455 e. The highest BCUT2D eigenvalue weighted by Crippen LogP contribution is 2.33. The number of hydrogen-bond acceptors (Lipinski definition) is 3. The Hall–Kier alpha value is 0.154. The maximum Gasteiger partial charge on any atom is 0.404 e. The van der Waals surface area contributed by atoms with Gasteiger partial charge in [0.2, 0.25) is 0 Å². The second-order valence-electron chi connectivity index (χ2n) is 5.01. The van der Waals surface area contributed by atoms with E-state index in [0.29, 0.717) is 0 Å². The van der Waals surface area contributed by atoms with E-state index >= 15 is 0 Å². The van der Waals surface area contributed by atoms with Gasteiger partial charge in [0, 0.05) is 23.7 Å². The van der Waals surface area contributed by atoms with Crippen LogP contribution in [0.1, 0.15) is 0 Å². The normalized spacial score (nSPS) is 25.8. The first-order chi connectivity index (χ1) is 6.20. The zero-order valence-electron chi connectivity index (χ0n) is 9.09. The third kappa shape index (κ3) is 3.72. The Morgan fingerprint density at radius 3 is 2.07 bits per heavy atom. The number of rotatable bonds is 1. The molecular formula is C8H17ClO3Si2. The maximum atomic E-state index is 10.7. The van der Waals surface area contributed by atoms with E-state index in [1.165, 1.54) is 0 Å². The van der Waals surface area contributed by atoms with E-state index in [9.17, 15) is 4.79 Å². The standard InChI is InChI=1S/C8H17ClO3Si2/c1-13(2)5-7(11-8(9)10)6-14(3,4)12-13/h7H,5-6H2,1-4H3. The molecule has 0 N–H and O–H groups in total. The molecule has 0 atom stereocenters. The summed E-state index contributed by atoms with van der Waals surface area (Å²) >= 11 is 5.23. The van der Waals surface area contributed by atoms with Gasteiger partial charge in [-0.3, -0.25) is 0 Å². The van der Waals surface area contributed by atoms with Gasteiger partial charge in [-0.05, 0) is 26.2 Å². The molecule has 0 aliphatic carbocycles. The lowest BCUT2D eigenvalue weighted by Gasteiger charge is -2.42. The van der Waals surface area contributed by atoms with Crippen molar-refractivity contribution in [1.82, 2.24) is 0 Å². The van der Waals surface area contributed by atoms with Gasteiger partial charge in [0.25, 0.3) is 0 Å². The van der Waals surface area contributed by atoms with Crippen LogP contribution in [0.2, 0.25) is 38.3 Å². The van der Waals surface area contributed by atoms with Crippen LogP contribution < -0.4 is 0 Å². The Morgan fingerprint density at radius 2 is 1.71 bits per heavy atom. The topological polar surface area (TPSA) is 35.5 Å². The zero-order chi connectivity index (χ0) is 11.0. The van der Waals surface area contributed by atoms with Gasteiger partial charge in [-0.25, -0.2) is 4.79 Å². The highest BCUT2D eigenvalue weighted by Gasteiger charge is 2.43. The lowest BCUT2D eigenvalue weighted by Crippen LogP contribution is -2.53. The minimum Gasteiger partial charge on any atom is -0.455 e. The van der Waals surface area contributed by atoms with Crippen LogP contribution in [0.15, 0.2) is 0 Å². The molecule has 0 aromatic carbocycles. The molecule has 0 spiro atoms. The number of carbonyl (C=O) groups is 1. The summed E-state index contributed by atoms with van der Waals surface area (Å²) < 4.78 is 11.2. The highest BCUT2D eigenvalue weighted by molar-refractivity contribution is 6.86. The van der Waals surface area contributed by atoms with Crippen molar-refractivity contribution < 1.29 is 13.6 Å². The Kier molecular flexibility index (Phi) is 3.46. The smallest absolute Gasteiger partial charge is 0.404 e. The van der Waals surface area contributed by atoms with Gasteiger partial charge in [0.05, 0.1) is 0 Å². The quantitative estimate of drug-likeness (QED) is 0.531. The average molecular weight is 253 g/mol. The molecule has 1 aliphatic heterocycles. The first-order valence-corrected chi connectivity index (χ1v) is 11.4. The molecule has 14 heavy (non-hydrogen) atoms. The van der Waals surface area contributed by atoms with Crippen LogP contribution in [-0.4, -0.2) is 28.2 Å². The van der Waals surface area contributed by atoms with Crippen molar-refractivity contribution in [3.05, 3.63) is 0 Å². The van der Waals surface area contributed by atoms with Crippen LogP contribution in [0.4, 0.5) is 4.79 Å². The summed E-state index contributed by atoms with van der Waals surface area (Å²) in [5.41, 5.74) is -0.688. The molecule has 3 nitrogen and oxygen atoms in total. The number of halogens is 1. The van der Waals surface area contributed by atoms with Crippen molar-refractivity contribution in [3.63, 3.8) is 0 Å². The summed E-state index contributed by atoms with van der Waals surface area (Å²) in [5, 5.41) is 0. The van der Waals surface area contributed by atoms with E-state index < -0.39 is 22.1 Å². The number of carbonyl (C=O) groups excluding carboxylic acids is 1. The molecular weight excluding hydrogens is 236 g/mol. The Labute approximate surface area is 92.0 Å². The second-order valence-corrected chi connectivity index (χ2v) is 14.0. The Bertz CT molecular complexity index is 227. The zero-order valence-corrected chi connectivity index (χ0v) is 11.9. The van der Waals surface area contributed by atoms with Crippen LogP contribution in [0.3, 0.4) is 0 Å². The molecule has 0 aromatic heterocycles. The van der Waals surface area contributed by atoms with Crippen molar-refractivity contribution in [1.29, 1.82) is 0 Å². The van der Waals surface area contributed by atoms with Gasteiger partial charge < -0.3 is 8.85 Å². The summed E-state index contributed by atoms with van der Waals surface area (Å²) in [6.07, 6.45) is -0.0166. The van der Waals surface area contributed by atoms with E-state index in [1.54, 1.807) is 0 Å². The van der Waals surface area contributed by atoms with Gasteiger partial charge in [-0.1, -0.05) is 0 Å². The number of ether oxygens (including phenoxy) is 1. The van der Waals surface area contributed by atoms with E-state index in [4.69, 9.17) is 20.5 Å². The third-order valence-corrected chi connectivity index (χ3v) is 9.64. The molecule has 6 heteroatoms. The van der Waals surface area contributed by atoms with Crippen molar-refractivity contribution >= 4 is 33.7 Å². The fourth-order valence-electron chi connectivity index (χ4n) is 2.21. The summed E-state index contributed by atoms with van der Waals surface area (Å²) in [4.78, 5) is 10.7. The molecule has 1 fully saturated rings. The molecule has 82 valence electrons. The van der Waals surface area contributed by atoms with Crippen molar-refractivity contribution in [2.75, 3.05) is 0 Å². The lowest BCUT2D eigenvalue weighted by atomic mass is 10.5. The van der Waals surface area contributed by atoms with Crippen LogP contribution >= 0.6 is 11.6 Å². The van der Waals surface area contributed by atoms with Gasteiger partial charge >= 0.3 is 5.43 Å². The van der Waals surface area contributed by atoms with Crippen molar-refractivity contribution in [2.24, 2.45) is 0 Å². The Morgan fingerprint density at radius 1 is 1.29 bits per heavy atom. The molecule has 0 radical (unpaired) electrons. The summed E-state index contributed by atoms with van der Waals surface area (Å²) in [5.74, 6) is 0. The monoisotopic (exact) mass is 252 g/mol.